The first-order valence-corrected chi connectivity index (χ1v) is 6.78. The van der Waals surface area contributed by atoms with E-state index in [1.165, 1.54) is 0 Å². The third kappa shape index (κ3) is 4.60. The lowest BCUT2D eigenvalue weighted by Gasteiger charge is -2.11. The summed E-state index contributed by atoms with van der Waals surface area (Å²) in [5, 5.41) is 7.52. The van der Waals surface area contributed by atoms with Gasteiger partial charge in [0, 0.05) is 13.1 Å². The van der Waals surface area contributed by atoms with E-state index in [4.69, 9.17) is 23.2 Å². The number of halogens is 2. The minimum absolute atomic E-state index is 0.560. The maximum Gasteiger partial charge on any atom is 0.147 e. The van der Waals surface area contributed by atoms with Crippen LogP contribution in [0.25, 0.3) is 0 Å². The highest BCUT2D eigenvalue weighted by atomic mass is 35.5. The molecule has 0 spiro atoms. The standard InChI is InChI=1S/C12H19Cl2N3/c1-3-5-7-16-12-10(14)8-9(13)11(17-12)15-6-4-2/h8H,3-7H2,1-2H3,(H2,15,16,17). The Bertz CT molecular complexity index is 356. The van der Waals surface area contributed by atoms with E-state index < -0.39 is 0 Å². The lowest BCUT2D eigenvalue weighted by molar-refractivity contribution is 0.831. The largest absolute Gasteiger partial charge is 0.369 e. The van der Waals surface area contributed by atoms with Crippen LogP contribution in [-0.4, -0.2) is 18.1 Å². The van der Waals surface area contributed by atoms with Gasteiger partial charge in [0.25, 0.3) is 0 Å². The molecule has 1 aromatic heterocycles. The molecule has 1 rings (SSSR count). The quantitative estimate of drug-likeness (QED) is 0.724. The van der Waals surface area contributed by atoms with Gasteiger partial charge in [0.05, 0.1) is 10.0 Å². The molecule has 0 aliphatic rings. The van der Waals surface area contributed by atoms with Gasteiger partial charge in [0.2, 0.25) is 0 Å². The van der Waals surface area contributed by atoms with Crippen molar-refractivity contribution >= 4 is 34.8 Å². The molecular formula is C12H19Cl2N3. The predicted molar refractivity (Wildman–Crippen MR) is 76.4 cm³/mol. The number of nitrogens with zero attached hydrogens (tertiary/aromatic N) is 1. The van der Waals surface area contributed by atoms with Crippen molar-refractivity contribution in [3.63, 3.8) is 0 Å². The van der Waals surface area contributed by atoms with Crippen LogP contribution in [0.15, 0.2) is 6.07 Å². The van der Waals surface area contributed by atoms with Crippen LogP contribution in [0.4, 0.5) is 11.6 Å². The third-order valence-corrected chi connectivity index (χ3v) is 2.87. The van der Waals surface area contributed by atoms with E-state index in [-0.39, 0.29) is 0 Å². The summed E-state index contributed by atoms with van der Waals surface area (Å²) < 4.78 is 0. The number of unbranched alkanes of at least 4 members (excludes halogenated alkanes) is 1. The highest BCUT2D eigenvalue weighted by Gasteiger charge is 2.08. The summed E-state index contributed by atoms with van der Waals surface area (Å²) in [6.07, 6.45) is 3.26. The summed E-state index contributed by atoms with van der Waals surface area (Å²) in [6, 6.07) is 1.72. The van der Waals surface area contributed by atoms with E-state index in [0.29, 0.717) is 21.7 Å². The second-order valence-corrected chi connectivity index (χ2v) is 4.67. The van der Waals surface area contributed by atoms with Crippen molar-refractivity contribution in [2.24, 2.45) is 0 Å². The van der Waals surface area contributed by atoms with Crippen LogP contribution in [0.5, 0.6) is 0 Å². The van der Waals surface area contributed by atoms with Crippen molar-refractivity contribution in [3.05, 3.63) is 16.1 Å². The lowest BCUT2D eigenvalue weighted by Crippen LogP contribution is -2.07. The van der Waals surface area contributed by atoms with Crippen molar-refractivity contribution in [3.8, 4) is 0 Å². The fourth-order valence-electron chi connectivity index (χ4n) is 1.34. The van der Waals surface area contributed by atoms with Crippen LogP contribution in [-0.2, 0) is 0 Å². The molecule has 96 valence electrons. The van der Waals surface area contributed by atoms with Crippen molar-refractivity contribution in [2.75, 3.05) is 23.7 Å². The molecule has 0 radical (unpaired) electrons. The molecule has 2 N–H and O–H groups in total. The Morgan fingerprint density at radius 1 is 1.00 bits per heavy atom. The average molecular weight is 276 g/mol. The molecule has 0 saturated heterocycles. The predicted octanol–water partition coefficient (Wildman–Crippen LogP) is 4.42. The van der Waals surface area contributed by atoms with Gasteiger partial charge in [0.15, 0.2) is 0 Å². The van der Waals surface area contributed by atoms with E-state index in [9.17, 15) is 0 Å². The smallest absolute Gasteiger partial charge is 0.147 e. The zero-order chi connectivity index (χ0) is 12.7. The maximum absolute atomic E-state index is 6.08. The molecule has 1 aromatic rings. The first kappa shape index (κ1) is 14.4. The molecule has 3 nitrogen and oxygen atoms in total. The van der Waals surface area contributed by atoms with Crippen LogP contribution < -0.4 is 10.6 Å². The number of anilines is 2. The van der Waals surface area contributed by atoms with Gasteiger partial charge in [-0.15, -0.1) is 0 Å². The number of nitrogens with one attached hydrogen (secondary N) is 2. The van der Waals surface area contributed by atoms with Gasteiger partial charge in [-0.25, -0.2) is 4.98 Å². The normalized spacial score (nSPS) is 10.4. The Hall–Kier alpha value is -0.670. The number of hydrogen-bond donors (Lipinski definition) is 2. The minimum Gasteiger partial charge on any atom is -0.369 e. The van der Waals surface area contributed by atoms with Crippen molar-refractivity contribution < 1.29 is 0 Å². The molecule has 0 bridgehead atoms. The van der Waals surface area contributed by atoms with Gasteiger partial charge in [0.1, 0.15) is 11.6 Å². The van der Waals surface area contributed by atoms with E-state index in [2.05, 4.69) is 29.5 Å². The van der Waals surface area contributed by atoms with Gasteiger partial charge in [-0.1, -0.05) is 43.5 Å². The fraction of sp³-hybridized carbons (Fsp3) is 0.583. The van der Waals surface area contributed by atoms with Crippen LogP contribution >= 0.6 is 23.2 Å². The molecule has 0 unspecified atom stereocenters. The van der Waals surface area contributed by atoms with E-state index in [1.807, 2.05) is 0 Å². The summed E-state index contributed by atoms with van der Waals surface area (Å²) in [6.45, 7) is 5.96. The topological polar surface area (TPSA) is 37.0 Å². The molecular weight excluding hydrogens is 257 g/mol. The first-order valence-electron chi connectivity index (χ1n) is 6.02. The maximum atomic E-state index is 6.08. The van der Waals surface area contributed by atoms with Crippen LogP contribution in [0.1, 0.15) is 33.1 Å². The van der Waals surface area contributed by atoms with Crippen molar-refractivity contribution in [2.45, 2.75) is 33.1 Å². The molecule has 1 heterocycles. The van der Waals surface area contributed by atoms with Gasteiger partial charge >= 0.3 is 0 Å². The zero-order valence-electron chi connectivity index (χ0n) is 10.3. The second-order valence-electron chi connectivity index (χ2n) is 3.86. The molecule has 0 aliphatic heterocycles. The van der Waals surface area contributed by atoms with Crippen molar-refractivity contribution in [1.82, 2.24) is 4.98 Å². The first-order chi connectivity index (χ1) is 8.19. The summed E-state index contributed by atoms with van der Waals surface area (Å²) >= 11 is 12.1. The van der Waals surface area contributed by atoms with Gasteiger partial charge in [-0.05, 0) is 18.9 Å². The average Bonchev–Trinajstić information content (AvgIpc) is 2.31. The Labute approximate surface area is 113 Å². The third-order valence-electron chi connectivity index (χ3n) is 2.29. The highest BCUT2D eigenvalue weighted by Crippen LogP contribution is 2.29. The van der Waals surface area contributed by atoms with Gasteiger partial charge < -0.3 is 10.6 Å². The molecule has 0 amide bonds. The molecule has 5 heteroatoms. The van der Waals surface area contributed by atoms with Gasteiger partial charge in [-0.3, -0.25) is 0 Å². The molecule has 0 saturated carbocycles. The summed E-state index contributed by atoms with van der Waals surface area (Å²) in [5.41, 5.74) is 0. The van der Waals surface area contributed by atoms with Crippen molar-refractivity contribution in [1.29, 1.82) is 0 Å². The Morgan fingerprint density at radius 3 is 2.12 bits per heavy atom. The van der Waals surface area contributed by atoms with Crippen LogP contribution in [0.3, 0.4) is 0 Å². The second kappa shape index (κ2) is 7.62. The lowest BCUT2D eigenvalue weighted by atomic mass is 10.3. The van der Waals surface area contributed by atoms with E-state index in [1.54, 1.807) is 6.07 Å². The SMILES string of the molecule is CCCCNc1nc(NCCC)c(Cl)cc1Cl. The van der Waals surface area contributed by atoms with Crippen LogP contribution in [0.2, 0.25) is 10.0 Å². The minimum atomic E-state index is 0.560. The fourth-order valence-corrected chi connectivity index (χ4v) is 1.83. The molecule has 0 aromatic carbocycles. The monoisotopic (exact) mass is 275 g/mol. The Kier molecular flexibility index (Phi) is 6.45. The molecule has 0 atom stereocenters. The number of rotatable bonds is 7. The summed E-state index contributed by atoms with van der Waals surface area (Å²) in [7, 11) is 0. The molecule has 0 fully saturated rings. The van der Waals surface area contributed by atoms with E-state index in [0.717, 1.165) is 32.4 Å². The van der Waals surface area contributed by atoms with E-state index >= 15 is 0 Å². The summed E-state index contributed by atoms with van der Waals surface area (Å²) in [5.74, 6) is 1.39. The van der Waals surface area contributed by atoms with Gasteiger partial charge in [-0.2, -0.15) is 0 Å². The number of pyridine rings is 1. The molecule has 0 aliphatic carbocycles. The zero-order valence-corrected chi connectivity index (χ0v) is 11.8. The number of hydrogen-bond acceptors (Lipinski definition) is 3. The summed E-state index contributed by atoms with van der Waals surface area (Å²) in [4.78, 5) is 4.40. The Morgan fingerprint density at radius 2 is 1.59 bits per heavy atom. The number of aromatic nitrogens is 1. The highest BCUT2D eigenvalue weighted by molar-refractivity contribution is 6.37. The Balaban J connectivity index is 2.74. The van der Waals surface area contributed by atoms with Crippen LogP contribution in [0, 0.1) is 0 Å². The molecule has 17 heavy (non-hydrogen) atoms.